The van der Waals surface area contributed by atoms with Gasteiger partial charge in [-0.15, -0.1) is 0 Å². The molecule has 0 radical (unpaired) electrons. The van der Waals surface area contributed by atoms with Crippen LogP contribution in [0.15, 0.2) is 18.2 Å². The molecule has 1 aliphatic heterocycles. The van der Waals surface area contributed by atoms with Crippen molar-refractivity contribution in [3.8, 4) is 11.5 Å². The van der Waals surface area contributed by atoms with Gasteiger partial charge in [0.15, 0.2) is 0 Å². The van der Waals surface area contributed by atoms with Crippen molar-refractivity contribution >= 4 is 0 Å². The summed E-state index contributed by atoms with van der Waals surface area (Å²) >= 11 is 0. The zero-order valence-electron chi connectivity index (χ0n) is 14.9. The standard InChI is InChI=1S/C19H31NO3/c1-14(2)19(21)15-7-10-20(11-8-15)12-9-16-13-17(22-3)5-6-18(16)23-4/h5-6,13-15,19,21H,7-12H2,1-4H3. The lowest BCUT2D eigenvalue weighted by atomic mass is 9.85. The van der Waals surface area contributed by atoms with E-state index in [-0.39, 0.29) is 6.10 Å². The minimum atomic E-state index is -0.157. The lowest BCUT2D eigenvalue weighted by Crippen LogP contribution is -2.40. The first-order valence-electron chi connectivity index (χ1n) is 8.66. The molecule has 1 aliphatic rings. The van der Waals surface area contributed by atoms with Crippen LogP contribution in [0.25, 0.3) is 0 Å². The molecule has 0 saturated carbocycles. The van der Waals surface area contributed by atoms with E-state index in [1.165, 1.54) is 5.56 Å². The number of nitrogens with zero attached hydrogens (tertiary/aromatic N) is 1. The number of benzene rings is 1. The third-order valence-corrected chi connectivity index (χ3v) is 4.98. The van der Waals surface area contributed by atoms with Crippen molar-refractivity contribution in [2.45, 2.75) is 39.2 Å². The Balaban J connectivity index is 1.86. The highest BCUT2D eigenvalue weighted by Crippen LogP contribution is 2.27. The Labute approximate surface area is 140 Å². The van der Waals surface area contributed by atoms with Gasteiger partial charge in [-0.2, -0.15) is 0 Å². The predicted molar refractivity (Wildman–Crippen MR) is 93.3 cm³/mol. The third kappa shape index (κ3) is 4.85. The van der Waals surface area contributed by atoms with Crippen molar-refractivity contribution in [3.63, 3.8) is 0 Å². The van der Waals surface area contributed by atoms with E-state index in [9.17, 15) is 5.11 Å². The molecule has 1 aromatic rings. The topological polar surface area (TPSA) is 41.9 Å². The zero-order valence-corrected chi connectivity index (χ0v) is 14.9. The predicted octanol–water partition coefficient (Wildman–Crippen LogP) is 2.98. The van der Waals surface area contributed by atoms with Gasteiger partial charge in [0.1, 0.15) is 11.5 Å². The molecule has 2 rings (SSSR count). The number of aliphatic hydroxyl groups is 1. The average Bonchev–Trinajstić information content (AvgIpc) is 2.59. The Kier molecular flexibility index (Phi) is 6.72. The van der Waals surface area contributed by atoms with Crippen LogP contribution in [0.3, 0.4) is 0 Å². The number of likely N-dealkylation sites (tertiary alicyclic amines) is 1. The smallest absolute Gasteiger partial charge is 0.122 e. The van der Waals surface area contributed by atoms with Gasteiger partial charge in [-0.3, -0.25) is 0 Å². The molecule has 23 heavy (non-hydrogen) atoms. The Hall–Kier alpha value is -1.26. The van der Waals surface area contributed by atoms with Crippen molar-refractivity contribution < 1.29 is 14.6 Å². The fraction of sp³-hybridized carbons (Fsp3) is 0.684. The number of rotatable bonds is 7. The fourth-order valence-electron chi connectivity index (χ4n) is 3.42. The lowest BCUT2D eigenvalue weighted by Gasteiger charge is -2.35. The number of piperidine rings is 1. The average molecular weight is 321 g/mol. The van der Waals surface area contributed by atoms with Crippen LogP contribution < -0.4 is 9.47 Å². The van der Waals surface area contributed by atoms with E-state index in [1.54, 1.807) is 14.2 Å². The van der Waals surface area contributed by atoms with Gasteiger partial charge in [0.25, 0.3) is 0 Å². The molecule has 1 atom stereocenters. The molecule has 0 amide bonds. The molecule has 1 fully saturated rings. The van der Waals surface area contributed by atoms with Gasteiger partial charge in [0.05, 0.1) is 20.3 Å². The van der Waals surface area contributed by atoms with Crippen LogP contribution in [0.1, 0.15) is 32.3 Å². The third-order valence-electron chi connectivity index (χ3n) is 4.98. The number of hydrogen-bond acceptors (Lipinski definition) is 4. The van der Waals surface area contributed by atoms with Crippen LogP contribution in [0.2, 0.25) is 0 Å². The summed E-state index contributed by atoms with van der Waals surface area (Å²) < 4.78 is 10.8. The van der Waals surface area contributed by atoms with Crippen LogP contribution in [-0.4, -0.2) is 50.0 Å². The summed E-state index contributed by atoms with van der Waals surface area (Å²) in [6.45, 7) is 7.37. The first-order chi connectivity index (χ1) is 11.0. The highest BCUT2D eigenvalue weighted by atomic mass is 16.5. The largest absolute Gasteiger partial charge is 0.497 e. The molecule has 1 heterocycles. The van der Waals surface area contributed by atoms with Crippen LogP contribution in [0.4, 0.5) is 0 Å². The lowest BCUT2D eigenvalue weighted by molar-refractivity contribution is 0.0286. The van der Waals surface area contributed by atoms with Gasteiger partial charge in [-0.05, 0) is 68.0 Å². The van der Waals surface area contributed by atoms with E-state index in [0.29, 0.717) is 11.8 Å². The van der Waals surface area contributed by atoms with Gasteiger partial charge >= 0.3 is 0 Å². The van der Waals surface area contributed by atoms with E-state index in [2.05, 4.69) is 24.8 Å². The monoisotopic (exact) mass is 321 g/mol. The first kappa shape index (κ1) is 18.1. The molecule has 4 nitrogen and oxygen atoms in total. The zero-order chi connectivity index (χ0) is 16.8. The summed E-state index contributed by atoms with van der Waals surface area (Å²) in [5.41, 5.74) is 1.19. The van der Waals surface area contributed by atoms with Crippen molar-refractivity contribution in [1.82, 2.24) is 4.90 Å². The number of methoxy groups -OCH3 is 2. The molecule has 1 unspecified atom stereocenters. The maximum absolute atomic E-state index is 10.2. The Bertz CT molecular complexity index is 482. The van der Waals surface area contributed by atoms with Gasteiger partial charge < -0.3 is 19.5 Å². The molecule has 0 bridgehead atoms. The molecular formula is C19H31NO3. The minimum absolute atomic E-state index is 0.157. The van der Waals surface area contributed by atoms with Gasteiger partial charge in [-0.1, -0.05) is 13.8 Å². The molecule has 1 saturated heterocycles. The summed E-state index contributed by atoms with van der Waals surface area (Å²) in [5.74, 6) is 2.61. The maximum Gasteiger partial charge on any atom is 0.122 e. The molecule has 0 aromatic heterocycles. The van der Waals surface area contributed by atoms with Crippen molar-refractivity contribution in [2.24, 2.45) is 11.8 Å². The van der Waals surface area contributed by atoms with Crippen molar-refractivity contribution in [1.29, 1.82) is 0 Å². The number of ether oxygens (including phenoxy) is 2. The van der Waals surface area contributed by atoms with E-state index in [0.717, 1.165) is 50.4 Å². The highest BCUT2D eigenvalue weighted by Gasteiger charge is 2.26. The van der Waals surface area contributed by atoms with Crippen LogP contribution in [0, 0.1) is 11.8 Å². The summed E-state index contributed by atoms with van der Waals surface area (Å²) in [4.78, 5) is 2.49. The molecule has 0 spiro atoms. The normalized spacial score (nSPS) is 18.2. The van der Waals surface area contributed by atoms with Gasteiger partial charge in [0, 0.05) is 6.54 Å². The second kappa shape index (κ2) is 8.55. The van der Waals surface area contributed by atoms with E-state index in [1.807, 2.05) is 12.1 Å². The van der Waals surface area contributed by atoms with Crippen LogP contribution in [0.5, 0.6) is 11.5 Å². The Morgan fingerprint density at radius 1 is 1.17 bits per heavy atom. The minimum Gasteiger partial charge on any atom is -0.497 e. The summed E-state index contributed by atoms with van der Waals surface area (Å²) in [6, 6.07) is 5.97. The van der Waals surface area contributed by atoms with Gasteiger partial charge in [-0.25, -0.2) is 0 Å². The Morgan fingerprint density at radius 2 is 1.87 bits per heavy atom. The molecule has 1 N–H and O–H groups in total. The van der Waals surface area contributed by atoms with E-state index >= 15 is 0 Å². The summed E-state index contributed by atoms with van der Waals surface area (Å²) in [7, 11) is 3.40. The fourth-order valence-corrected chi connectivity index (χ4v) is 3.42. The molecular weight excluding hydrogens is 290 g/mol. The molecule has 4 heteroatoms. The van der Waals surface area contributed by atoms with Crippen LogP contribution in [-0.2, 0) is 6.42 Å². The quantitative estimate of drug-likeness (QED) is 0.838. The molecule has 0 aliphatic carbocycles. The molecule has 130 valence electrons. The van der Waals surface area contributed by atoms with Crippen LogP contribution >= 0.6 is 0 Å². The van der Waals surface area contributed by atoms with E-state index in [4.69, 9.17) is 9.47 Å². The highest BCUT2D eigenvalue weighted by molar-refractivity contribution is 5.40. The summed E-state index contributed by atoms with van der Waals surface area (Å²) in [6.07, 6.45) is 2.98. The summed E-state index contributed by atoms with van der Waals surface area (Å²) in [5, 5.41) is 10.2. The number of aliphatic hydroxyl groups excluding tert-OH is 1. The van der Waals surface area contributed by atoms with E-state index < -0.39 is 0 Å². The molecule has 1 aromatic carbocycles. The van der Waals surface area contributed by atoms with Crippen molar-refractivity contribution in [2.75, 3.05) is 33.9 Å². The van der Waals surface area contributed by atoms with Crippen molar-refractivity contribution in [3.05, 3.63) is 23.8 Å². The second-order valence-electron chi connectivity index (χ2n) is 6.84. The van der Waals surface area contributed by atoms with Gasteiger partial charge in [0.2, 0.25) is 0 Å². The first-order valence-corrected chi connectivity index (χ1v) is 8.66. The maximum atomic E-state index is 10.2. The Morgan fingerprint density at radius 3 is 2.43 bits per heavy atom. The number of hydrogen-bond donors (Lipinski definition) is 1. The second-order valence-corrected chi connectivity index (χ2v) is 6.84. The SMILES string of the molecule is COc1ccc(OC)c(CCN2CCC(C(O)C(C)C)CC2)c1.